The van der Waals surface area contributed by atoms with Crippen LogP contribution in [-0.2, 0) is 7.05 Å². The van der Waals surface area contributed by atoms with Crippen LogP contribution in [0.4, 0.5) is 0 Å². The molecule has 0 N–H and O–H groups in total. The molecule has 0 radical (unpaired) electrons. The van der Waals surface area contributed by atoms with Crippen molar-refractivity contribution >= 4 is 27.5 Å². The highest BCUT2D eigenvalue weighted by atomic mass is 79.9. The Morgan fingerprint density at radius 3 is 2.73 bits per heavy atom. The number of aryl methyl sites for hydroxylation is 1. The van der Waals surface area contributed by atoms with Crippen LogP contribution in [-0.4, -0.2) is 9.78 Å². The van der Waals surface area contributed by atoms with Crippen molar-refractivity contribution in [2.45, 2.75) is 6.92 Å². The van der Waals surface area contributed by atoms with Crippen molar-refractivity contribution in [1.82, 2.24) is 9.78 Å². The van der Waals surface area contributed by atoms with E-state index in [1.165, 1.54) is 4.68 Å². The lowest BCUT2D eigenvalue weighted by Crippen LogP contribution is -2.22. The number of hydrogen-bond donors (Lipinski definition) is 0. The first-order chi connectivity index (χ1) is 5.04. The highest BCUT2D eigenvalue weighted by Crippen LogP contribution is 2.19. The minimum absolute atomic E-state index is 0.168. The third-order valence-corrected chi connectivity index (χ3v) is 2.61. The molecule has 5 heteroatoms. The molecule has 0 unspecified atom stereocenters. The average Bonchev–Trinajstić information content (AvgIpc) is 1.97. The highest BCUT2D eigenvalue weighted by molar-refractivity contribution is 9.10. The maximum absolute atomic E-state index is 11.1. The Bertz CT molecular complexity index is 347. The summed E-state index contributed by atoms with van der Waals surface area (Å²) >= 11 is 8.86. The summed E-state index contributed by atoms with van der Waals surface area (Å²) in [6, 6.07) is 0. The third kappa shape index (κ3) is 1.46. The van der Waals surface area contributed by atoms with Crippen LogP contribution < -0.4 is 5.56 Å². The Morgan fingerprint density at radius 1 is 1.64 bits per heavy atom. The molecule has 0 aliphatic carbocycles. The first-order valence-electron chi connectivity index (χ1n) is 2.93. The van der Waals surface area contributed by atoms with Crippen molar-refractivity contribution in [2.75, 3.05) is 0 Å². The number of hydrogen-bond acceptors (Lipinski definition) is 2. The summed E-state index contributed by atoms with van der Waals surface area (Å²) in [5.41, 5.74) is 0.342. The average molecular weight is 237 g/mol. The predicted molar refractivity (Wildman–Crippen MR) is 46.9 cm³/mol. The molecule has 0 bridgehead atoms. The summed E-state index contributed by atoms with van der Waals surface area (Å²) in [5, 5.41) is 4.20. The van der Waals surface area contributed by atoms with E-state index < -0.39 is 0 Å². The normalized spacial score (nSPS) is 10.2. The van der Waals surface area contributed by atoms with Crippen LogP contribution in [0.2, 0.25) is 5.02 Å². The van der Waals surface area contributed by atoms with Crippen LogP contribution in [0.15, 0.2) is 9.40 Å². The van der Waals surface area contributed by atoms with Gasteiger partial charge in [-0.25, -0.2) is 4.68 Å². The van der Waals surface area contributed by atoms with Gasteiger partial charge in [0.25, 0.3) is 5.56 Å². The summed E-state index contributed by atoms with van der Waals surface area (Å²) in [7, 11) is 1.58. The molecule has 11 heavy (non-hydrogen) atoms. The lowest BCUT2D eigenvalue weighted by Gasteiger charge is -2.01. The molecule has 60 valence electrons. The Kier molecular flexibility index (Phi) is 2.34. The van der Waals surface area contributed by atoms with Crippen molar-refractivity contribution in [3.63, 3.8) is 0 Å². The van der Waals surface area contributed by atoms with E-state index in [0.29, 0.717) is 15.2 Å². The van der Waals surface area contributed by atoms with Crippen molar-refractivity contribution in [2.24, 2.45) is 7.05 Å². The molecular formula is C6H6BrClN2O. The Morgan fingerprint density at radius 2 is 2.18 bits per heavy atom. The van der Waals surface area contributed by atoms with Crippen LogP contribution in [0.5, 0.6) is 0 Å². The topological polar surface area (TPSA) is 34.9 Å². The maximum atomic E-state index is 11.1. The minimum Gasteiger partial charge on any atom is -0.267 e. The minimum atomic E-state index is -0.168. The van der Waals surface area contributed by atoms with Gasteiger partial charge >= 0.3 is 0 Å². The number of halogens is 2. The van der Waals surface area contributed by atoms with E-state index in [1.807, 2.05) is 0 Å². The van der Waals surface area contributed by atoms with Crippen LogP contribution in [0.3, 0.4) is 0 Å². The molecule has 0 aromatic carbocycles. The Balaban J connectivity index is 3.59. The highest BCUT2D eigenvalue weighted by Gasteiger charge is 2.07. The standard InChI is InChI=1S/C6H6BrClN2O/c1-3-4(8)5(7)9-10(2)6(3)11/h1-2H3. The number of rotatable bonds is 0. The lowest BCUT2D eigenvalue weighted by molar-refractivity contribution is 0.690. The van der Waals surface area contributed by atoms with Crippen LogP contribution in [0, 0.1) is 6.92 Å². The zero-order valence-corrected chi connectivity index (χ0v) is 8.40. The largest absolute Gasteiger partial charge is 0.270 e. The van der Waals surface area contributed by atoms with E-state index in [-0.39, 0.29) is 5.56 Å². The quantitative estimate of drug-likeness (QED) is 0.685. The molecular weight excluding hydrogens is 231 g/mol. The second-order valence-electron chi connectivity index (χ2n) is 2.16. The Hall–Kier alpha value is -0.350. The first kappa shape index (κ1) is 8.74. The maximum Gasteiger partial charge on any atom is 0.270 e. The molecule has 1 aromatic rings. The SMILES string of the molecule is Cc1c(Cl)c(Br)nn(C)c1=O. The fraction of sp³-hybridized carbons (Fsp3) is 0.333. The summed E-state index contributed by atoms with van der Waals surface area (Å²) in [5.74, 6) is 0. The molecule has 1 heterocycles. The Labute approximate surface area is 77.1 Å². The van der Waals surface area contributed by atoms with E-state index in [4.69, 9.17) is 11.6 Å². The zero-order chi connectivity index (χ0) is 8.59. The molecule has 0 aliphatic rings. The van der Waals surface area contributed by atoms with Gasteiger partial charge < -0.3 is 0 Å². The number of aromatic nitrogens is 2. The van der Waals surface area contributed by atoms with Gasteiger partial charge in [0.1, 0.15) is 4.60 Å². The molecule has 0 saturated heterocycles. The van der Waals surface area contributed by atoms with E-state index >= 15 is 0 Å². The summed E-state index contributed by atoms with van der Waals surface area (Å²) in [6.07, 6.45) is 0. The molecule has 1 aromatic heterocycles. The molecule has 0 fully saturated rings. The molecule has 0 spiro atoms. The molecule has 0 atom stereocenters. The second kappa shape index (κ2) is 2.95. The van der Waals surface area contributed by atoms with Crippen LogP contribution >= 0.6 is 27.5 Å². The summed E-state index contributed by atoms with van der Waals surface area (Å²) in [4.78, 5) is 11.1. The van der Waals surface area contributed by atoms with E-state index in [9.17, 15) is 4.79 Å². The number of nitrogens with zero attached hydrogens (tertiary/aromatic N) is 2. The smallest absolute Gasteiger partial charge is 0.267 e. The molecule has 1 rings (SSSR count). The van der Waals surface area contributed by atoms with Crippen molar-refractivity contribution < 1.29 is 0 Å². The molecule has 0 aliphatic heterocycles. The van der Waals surface area contributed by atoms with Gasteiger partial charge in [0.2, 0.25) is 0 Å². The van der Waals surface area contributed by atoms with Gasteiger partial charge in [-0.2, -0.15) is 5.10 Å². The van der Waals surface area contributed by atoms with Gasteiger partial charge in [0.15, 0.2) is 0 Å². The van der Waals surface area contributed by atoms with Gasteiger partial charge in [-0.05, 0) is 22.9 Å². The lowest BCUT2D eigenvalue weighted by atomic mass is 10.3. The van der Waals surface area contributed by atoms with Crippen LogP contribution in [0.25, 0.3) is 0 Å². The molecule has 3 nitrogen and oxygen atoms in total. The third-order valence-electron chi connectivity index (χ3n) is 1.36. The van der Waals surface area contributed by atoms with Gasteiger partial charge in [-0.1, -0.05) is 11.6 Å². The van der Waals surface area contributed by atoms with Gasteiger partial charge in [0, 0.05) is 12.6 Å². The summed E-state index contributed by atoms with van der Waals surface area (Å²) in [6.45, 7) is 1.66. The zero-order valence-electron chi connectivity index (χ0n) is 6.06. The molecule has 0 saturated carbocycles. The fourth-order valence-corrected chi connectivity index (χ4v) is 1.37. The van der Waals surface area contributed by atoms with Crippen molar-refractivity contribution in [3.05, 3.63) is 25.5 Å². The molecule has 0 amide bonds. The van der Waals surface area contributed by atoms with Crippen molar-refractivity contribution in [1.29, 1.82) is 0 Å². The fourth-order valence-electron chi connectivity index (χ4n) is 0.712. The van der Waals surface area contributed by atoms with Gasteiger partial charge in [-0.3, -0.25) is 4.79 Å². The van der Waals surface area contributed by atoms with Crippen LogP contribution in [0.1, 0.15) is 5.56 Å². The first-order valence-corrected chi connectivity index (χ1v) is 4.10. The van der Waals surface area contributed by atoms with E-state index in [1.54, 1.807) is 14.0 Å². The van der Waals surface area contributed by atoms with Gasteiger partial charge in [-0.15, -0.1) is 0 Å². The van der Waals surface area contributed by atoms with E-state index in [2.05, 4.69) is 21.0 Å². The second-order valence-corrected chi connectivity index (χ2v) is 3.29. The predicted octanol–water partition coefficient (Wildman–Crippen LogP) is 1.50. The van der Waals surface area contributed by atoms with Gasteiger partial charge in [0.05, 0.1) is 5.02 Å². The summed E-state index contributed by atoms with van der Waals surface area (Å²) < 4.78 is 1.74. The van der Waals surface area contributed by atoms with E-state index in [0.717, 1.165) is 0 Å². The van der Waals surface area contributed by atoms with Crippen molar-refractivity contribution in [3.8, 4) is 0 Å². The monoisotopic (exact) mass is 236 g/mol.